The first-order valence-electron chi connectivity index (χ1n) is 7.58. The zero-order valence-electron chi connectivity index (χ0n) is 13.4. The zero-order valence-corrected chi connectivity index (χ0v) is 13.4. The highest BCUT2D eigenvalue weighted by Gasteiger charge is 2.23. The lowest BCUT2D eigenvalue weighted by Crippen LogP contribution is -2.29. The fourth-order valence-corrected chi connectivity index (χ4v) is 2.52. The van der Waals surface area contributed by atoms with E-state index in [1.54, 1.807) is 7.11 Å². The molecule has 1 rings (SSSR count). The molecule has 0 unspecified atom stereocenters. The summed E-state index contributed by atoms with van der Waals surface area (Å²) in [5.74, 6) is 1.63. The maximum atomic E-state index is 5.92. The standard InChI is InChI=1S/C17H29NO2/c1-5-17(6-2,13-18)10-7-11-20-15-9-8-14(3)12-16(15)19-4/h8-9,12H,5-7,10-11,13,18H2,1-4H3. The second-order valence-electron chi connectivity index (χ2n) is 5.52. The van der Waals surface area contributed by atoms with Gasteiger partial charge in [-0.15, -0.1) is 0 Å². The molecule has 0 aliphatic heterocycles. The Balaban J connectivity index is 2.49. The molecule has 0 bridgehead atoms. The van der Waals surface area contributed by atoms with Gasteiger partial charge in [-0.25, -0.2) is 0 Å². The topological polar surface area (TPSA) is 44.5 Å². The summed E-state index contributed by atoms with van der Waals surface area (Å²) in [7, 11) is 1.68. The van der Waals surface area contributed by atoms with Crippen molar-refractivity contribution in [2.75, 3.05) is 20.3 Å². The van der Waals surface area contributed by atoms with E-state index in [0.29, 0.717) is 6.61 Å². The van der Waals surface area contributed by atoms with Gasteiger partial charge in [0.2, 0.25) is 0 Å². The third kappa shape index (κ3) is 4.41. The van der Waals surface area contributed by atoms with Gasteiger partial charge in [-0.3, -0.25) is 0 Å². The van der Waals surface area contributed by atoms with Gasteiger partial charge >= 0.3 is 0 Å². The van der Waals surface area contributed by atoms with Gasteiger partial charge in [-0.2, -0.15) is 0 Å². The molecule has 0 saturated heterocycles. The molecule has 0 aromatic heterocycles. The van der Waals surface area contributed by atoms with Crippen LogP contribution in [0, 0.1) is 12.3 Å². The molecular weight excluding hydrogens is 250 g/mol. The quantitative estimate of drug-likeness (QED) is 0.697. The summed E-state index contributed by atoms with van der Waals surface area (Å²) in [5.41, 5.74) is 7.38. The first-order valence-corrected chi connectivity index (χ1v) is 7.58. The fourth-order valence-electron chi connectivity index (χ4n) is 2.52. The molecule has 0 aliphatic carbocycles. The smallest absolute Gasteiger partial charge is 0.161 e. The van der Waals surface area contributed by atoms with Crippen LogP contribution in [0.25, 0.3) is 0 Å². The third-order valence-corrected chi connectivity index (χ3v) is 4.36. The van der Waals surface area contributed by atoms with Crippen molar-refractivity contribution in [3.8, 4) is 11.5 Å². The minimum atomic E-state index is 0.278. The molecule has 0 aliphatic rings. The van der Waals surface area contributed by atoms with Crippen molar-refractivity contribution in [2.24, 2.45) is 11.1 Å². The van der Waals surface area contributed by atoms with Gasteiger partial charge in [0.05, 0.1) is 13.7 Å². The van der Waals surface area contributed by atoms with E-state index in [-0.39, 0.29) is 5.41 Å². The third-order valence-electron chi connectivity index (χ3n) is 4.36. The van der Waals surface area contributed by atoms with Crippen LogP contribution in [0.5, 0.6) is 11.5 Å². The molecule has 0 amide bonds. The highest BCUT2D eigenvalue weighted by Crippen LogP contribution is 2.31. The summed E-state index contributed by atoms with van der Waals surface area (Å²) in [6, 6.07) is 6.02. The van der Waals surface area contributed by atoms with E-state index < -0.39 is 0 Å². The van der Waals surface area contributed by atoms with Crippen molar-refractivity contribution in [3.05, 3.63) is 23.8 Å². The Hall–Kier alpha value is -1.22. The number of methoxy groups -OCH3 is 1. The van der Waals surface area contributed by atoms with Crippen molar-refractivity contribution >= 4 is 0 Å². The lowest BCUT2D eigenvalue weighted by Gasteiger charge is -2.30. The van der Waals surface area contributed by atoms with Crippen LogP contribution in [0.2, 0.25) is 0 Å². The Morgan fingerprint density at radius 2 is 1.85 bits per heavy atom. The van der Waals surface area contributed by atoms with Gasteiger partial charge in [0.15, 0.2) is 11.5 Å². The highest BCUT2D eigenvalue weighted by atomic mass is 16.5. The molecule has 2 N–H and O–H groups in total. The molecule has 114 valence electrons. The zero-order chi connectivity index (χ0) is 15.0. The van der Waals surface area contributed by atoms with Gasteiger partial charge < -0.3 is 15.2 Å². The Morgan fingerprint density at radius 1 is 1.15 bits per heavy atom. The van der Waals surface area contributed by atoms with Crippen LogP contribution >= 0.6 is 0 Å². The fraction of sp³-hybridized carbons (Fsp3) is 0.647. The van der Waals surface area contributed by atoms with Crippen molar-refractivity contribution in [3.63, 3.8) is 0 Å². The van der Waals surface area contributed by atoms with Gasteiger partial charge in [-0.1, -0.05) is 19.9 Å². The summed E-state index contributed by atoms with van der Waals surface area (Å²) in [4.78, 5) is 0. The van der Waals surface area contributed by atoms with Gasteiger partial charge in [0, 0.05) is 0 Å². The molecule has 3 heteroatoms. The molecule has 1 aromatic carbocycles. The lowest BCUT2D eigenvalue weighted by molar-refractivity contribution is 0.210. The van der Waals surface area contributed by atoms with Gasteiger partial charge in [0.1, 0.15) is 0 Å². The van der Waals surface area contributed by atoms with Crippen molar-refractivity contribution in [1.29, 1.82) is 0 Å². The van der Waals surface area contributed by atoms with Crippen molar-refractivity contribution in [2.45, 2.75) is 46.5 Å². The minimum Gasteiger partial charge on any atom is -0.493 e. The number of benzene rings is 1. The van der Waals surface area contributed by atoms with E-state index in [2.05, 4.69) is 13.8 Å². The molecule has 20 heavy (non-hydrogen) atoms. The second kappa shape index (κ2) is 8.15. The number of ether oxygens (including phenoxy) is 2. The summed E-state index contributed by atoms with van der Waals surface area (Å²) >= 11 is 0. The molecular formula is C17H29NO2. The van der Waals surface area contributed by atoms with Crippen LogP contribution < -0.4 is 15.2 Å². The Morgan fingerprint density at radius 3 is 2.40 bits per heavy atom. The molecule has 0 radical (unpaired) electrons. The number of hydrogen-bond acceptors (Lipinski definition) is 3. The SMILES string of the molecule is CCC(CC)(CN)CCCOc1ccc(C)cc1OC. The molecule has 1 aromatic rings. The molecule has 0 fully saturated rings. The van der Waals surface area contributed by atoms with Crippen molar-refractivity contribution < 1.29 is 9.47 Å². The second-order valence-corrected chi connectivity index (χ2v) is 5.52. The number of rotatable bonds is 9. The normalized spacial score (nSPS) is 11.4. The van der Waals surface area contributed by atoms with Crippen LogP contribution in [-0.2, 0) is 0 Å². The minimum absolute atomic E-state index is 0.278. The lowest BCUT2D eigenvalue weighted by atomic mass is 9.78. The van der Waals surface area contributed by atoms with Crippen LogP contribution in [0.3, 0.4) is 0 Å². The van der Waals surface area contributed by atoms with Crippen LogP contribution in [-0.4, -0.2) is 20.3 Å². The molecule has 0 heterocycles. The average Bonchev–Trinajstić information content (AvgIpc) is 2.49. The summed E-state index contributed by atoms with van der Waals surface area (Å²) < 4.78 is 11.2. The first-order chi connectivity index (χ1) is 9.60. The maximum Gasteiger partial charge on any atom is 0.161 e. The van der Waals surface area contributed by atoms with E-state index in [9.17, 15) is 0 Å². The van der Waals surface area contributed by atoms with E-state index in [1.807, 2.05) is 25.1 Å². The Bertz CT molecular complexity index is 392. The molecule has 0 spiro atoms. The first kappa shape index (κ1) is 16.8. The predicted octanol–water partition coefficient (Wildman–Crippen LogP) is 3.93. The number of hydrogen-bond donors (Lipinski definition) is 1. The summed E-state index contributed by atoms with van der Waals surface area (Å²) in [6.07, 6.45) is 4.41. The van der Waals surface area contributed by atoms with E-state index in [1.165, 1.54) is 5.56 Å². The average molecular weight is 279 g/mol. The van der Waals surface area contributed by atoms with Crippen LogP contribution in [0.4, 0.5) is 0 Å². The maximum absolute atomic E-state index is 5.92. The monoisotopic (exact) mass is 279 g/mol. The molecule has 0 saturated carbocycles. The van der Waals surface area contributed by atoms with Gasteiger partial charge in [-0.05, 0) is 62.3 Å². The summed E-state index contributed by atoms with van der Waals surface area (Å²) in [6.45, 7) is 7.96. The predicted molar refractivity (Wildman–Crippen MR) is 84.5 cm³/mol. The van der Waals surface area contributed by atoms with Crippen LogP contribution in [0.15, 0.2) is 18.2 Å². The summed E-state index contributed by atoms with van der Waals surface area (Å²) in [5, 5.41) is 0. The highest BCUT2D eigenvalue weighted by molar-refractivity contribution is 5.42. The number of nitrogens with two attached hydrogens (primary N) is 1. The van der Waals surface area contributed by atoms with E-state index in [4.69, 9.17) is 15.2 Å². The van der Waals surface area contributed by atoms with E-state index in [0.717, 1.165) is 43.7 Å². The van der Waals surface area contributed by atoms with Gasteiger partial charge in [0.25, 0.3) is 0 Å². The Labute approximate surface area is 123 Å². The number of aryl methyl sites for hydroxylation is 1. The molecule has 0 atom stereocenters. The van der Waals surface area contributed by atoms with Crippen molar-refractivity contribution in [1.82, 2.24) is 0 Å². The molecule has 3 nitrogen and oxygen atoms in total. The van der Waals surface area contributed by atoms with Crippen LogP contribution in [0.1, 0.15) is 45.1 Å². The largest absolute Gasteiger partial charge is 0.493 e. The Kier molecular flexibility index (Phi) is 6.86. The van der Waals surface area contributed by atoms with E-state index >= 15 is 0 Å².